The van der Waals surface area contributed by atoms with Crippen LogP contribution in [-0.4, -0.2) is 49.8 Å². The summed E-state index contributed by atoms with van der Waals surface area (Å²) in [5.41, 5.74) is 1.39. The highest BCUT2D eigenvalue weighted by Gasteiger charge is 2.35. The number of rotatable bonds is 5. The van der Waals surface area contributed by atoms with Crippen LogP contribution in [0.5, 0.6) is 0 Å². The fourth-order valence-electron chi connectivity index (χ4n) is 4.47. The van der Waals surface area contributed by atoms with Crippen LogP contribution in [0.25, 0.3) is 0 Å². The molecule has 29 heavy (non-hydrogen) atoms. The summed E-state index contributed by atoms with van der Waals surface area (Å²) in [5.74, 6) is 0.936. The van der Waals surface area contributed by atoms with Gasteiger partial charge in [0, 0.05) is 30.9 Å². The summed E-state index contributed by atoms with van der Waals surface area (Å²) in [6.45, 7) is 0.859. The number of amides is 2. The predicted molar refractivity (Wildman–Crippen MR) is 113 cm³/mol. The van der Waals surface area contributed by atoms with Crippen molar-refractivity contribution in [3.8, 4) is 0 Å². The monoisotopic (exact) mass is 413 g/mol. The van der Waals surface area contributed by atoms with Crippen LogP contribution in [0, 0.1) is 5.92 Å². The second kappa shape index (κ2) is 8.98. The van der Waals surface area contributed by atoms with Crippen LogP contribution in [-0.2, 0) is 11.8 Å². The molecule has 1 N–H and O–H groups in total. The lowest BCUT2D eigenvalue weighted by atomic mass is 9.78. The number of carbonyl (C=O) groups excluding carboxylic acids is 2. The normalized spacial score (nSPS) is 21.5. The minimum absolute atomic E-state index is 0.113. The summed E-state index contributed by atoms with van der Waals surface area (Å²) in [7, 11) is 1.84. The smallest absolute Gasteiger partial charge is 0.254 e. The molecule has 154 valence electrons. The van der Waals surface area contributed by atoms with Crippen LogP contribution in [0.15, 0.2) is 35.7 Å². The third-order valence-electron chi connectivity index (χ3n) is 5.92. The van der Waals surface area contributed by atoms with Crippen LogP contribution in [0.1, 0.15) is 48.9 Å². The predicted octanol–water partition coefficient (Wildman–Crippen LogP) is 3.34. The molecule has 8 heteroatoms. The minimum atomic E-state index is -0.113. The minimum Gasteiger partial charge on any atom is -0.335 e. The number of aromatic nitrogens is 3. The first-order valence-corrected chi connectivity index (χ1v) is 11.3. The molecule has 1 saturated carbocycles. The Morgan fingerprint density at radius 1 is 1.14 bits per heavy atom. The number of hydrogen-bond acceptors (Lipinski definition) is 5. The van der Waals surface area contributed by atoms with E-state index >= 15 is 0 Å². The van der Waals surface area contributed by atoms with Crippen molar-refractivity contribution in [2.45, 2.75) is 49.7 Å². The van der Waals surface area contributed by atoms with Crippen LogP contribution in [0.3, 0.4) is 0 Å². The van der Waals surface area contributed by atoms with Gasteiger partial charge in [-0.3, -0.25) is 9.59 Å². The zero-order valence-electron chi connectivity index (χ0n) is 16.7. The van der Waals surface area contributed by atoms with Gasteiger partial charge in [0.15, 0.2) is 5.16 Å². The summed E-state index contributed by atoms with van der Waals surface area (Å²) >= 11 is 1.33. The highest BCUT2D eigenvalue weighted by atomic mass is 32.2. The van der Waals surface area contributed by atoms with E-state index in [2.05, 4.69) is 20.4 Å². The standard InChI is InChI=1S/C21H27N5O2S/c1-25-14-22-24-21(25)29-13-19(27)23-17-10-8-16(9-11-17)20(28)26-12-4-6-15-5-2-3-7-18(15)26/h8-11,14-15,18H,2-7,12-13H2,1H3,(H,23,27)/t15-,18-/m0/s1. The van der Waals surface area contributed by atoms with E-state index in [-0.39, 0.29) is 17.6 Å². The Morgan fingerprint density at radius 3 is 2.66 bits per heavy atom. The highest BCUT2D eigenvalue weighted by Crippen LogP contribution is 2.36. The van der Waals surface area contributed by atoms with E-state index in [0.29, 0.717) is 28.4 Å². The summed E-state index contributed by atoms with van der Waals surface area (Å²) in [6, 6.07) is 7.66. The average Bonchev–Trinajstić information content (AvgIpc) is 3.16. The number of aryl methyl sites for hydroxylation is 1. The lowest BCUT2D eigenvalue weighted by Gasteiger charge is -2.44. The Bertz CT molecular complexity index is 864. The summed E-state index contributed by atoms with van der Waals surface area (Å²) < 4.78 is 1.77. The van der Waals surface area contributed by atoms with E-state index in [9.17, 15) is 9.59 Å². The molecule has 1 aromatic heterocycles. The van der Waals surface area contributed by atoms with Crippen molar-refractivity contribution < 1.29 is 9.59 Å². The molecule has 0 radical (unpaired) electrons. The summed E-state index contributed by atoms with van der Waals surface area (Å²) in [4.78, 5) is 27.3. The lowest BCUT2D eigenvalue weighted by molar-refractivity contribution is -0.113. The Morgan fingerprint density at radius 2 is 1.90 bits per heavy atom. The van der Waals surface area contributed by atoms with Crippen molar-refractivity contribution in [2.24, 2.45) is 13.0 Å². The topological polar surface area (TPSA) is 80.1 Å². The van der Waals surface area contributed by atoms with Gasteiger partial charge in [-0.25, -0.2) is 0 Å². The maximum absolute atomic E-state index is 13.1. The second-order valence-electron chi connectivity index (χ2n) is 7.89. The summed E-state index contributed by atoms with van der Waals surface area (Å²) in [6.07, 6.45) is 8.87. The Balaban J connectivity index is 1.34. The van der Waals surface area contributed by atoms with Gasteiger partial charge in [0.05, 0.1) is 5.75 Å². The Kier molecular flexibility index (Phi) is 6.18. The number of thioether (sulfide) groups is 1. The van der Waals surface area contributed by atoms with Crippen LogP contribution in [0.4, 0.5) is 5.69 Å². The average molecular weight is 414 g/mol. The molecule has 1 aliphatic carbocycles. The van der Waals surface area contributed by atoms with E-state index < -0.39 is 0 Å². The molecule has 2 amide bonds. The van der Waals surface area contributed by atoms with Gasteiger partial charge in [0.1, 0.15) is 6.33 Å². The number of benzene rings is 1. The number of nitrogens with one attached hydrogen (secondary N) is 1. The molecule has 2 fully saturated rings. The fourth-order valence-corrected chi connectivity index (χ4v) is 5.16. The van der Waals surface area contributed by atoms with Crippen molar-refractivity contribution in [1.82, 2.24) is 19.7 Å². The SMILES string of the molecule is Cn1cnnc1SCC(=O)Nc1ccc(C(=O)N2CCC[C@@H]3CCCC[C@@H]32)cc1. The van der Waals surface area contributed by atoms with Gasteiger partial charge in [-0.1, -0.05) is 24.6 Å². The van der Waals surface area contributed by atoms with E-state index in [1.54, 1.807) is 23.0 Å². The van der Waals surface area contributed by atoms with Gasteiger partial charge in [-0.2, -0.15) is 0 Å². The molecule has 0 spiro atoms. The number of likely N-dealkylation sites (tertiary alicyclic amines) is 1. The number of carbonyl (C=O) groups is 2. The van der Waals surface area contributed by atoms with Crippen molar-refractivity contribution in [3.63, 3.8) is 0 Å². The number of anilines is 1. The highest BCUT2D eigenvalue weighted by molar-refractivity contribution is 7.99. The van der Waals surface area contributed by atoms with Crippen molar-refractivity contribution in [2.75, 3.05) is 17.6 Å². The molecule has 2 aromatic rings. The molecule has 1 aromatic carbocycles. The Hall–Kier alpha value is -2.35. The maximum Gasteiger partial charge on any atom is 0.254 e. The van der Waals surface area contributed by atoms with Gasteiger partial charge >= 0.3 is 0 Å². The number of piperidine rings is 1. The molecule has 4 rings (SSSR count). The molecule has 2 heterocycles. The molecule has 2 aliphatic rings. The van der Waals surface area contributed by atoms with Gasteiger partial charge in [-0.05, 0) is 55.9 Å². The zero-order chi connectivity index (χ0) is 20.2. The molecular weight excluding hydrogens is 386 g/mol. The summed E-state index contributed by atoms with van der Waals surface area (Å²) in [5, 5.41) is 11.3. The van der Waals surface area contributed by atoms with Crippen molar-refractivity contribution in [1.29, 1.82) is 0 Å². The van der Waals surface area contributed by atoms with Crippen LogP contribution in [0.2, 0.25) is 0 Å². The molecule has 7 nitrogen and oxygen atoms in total. The number of fused-ring (bicyclic) bond motifs is 1. The first-order chi connectivity index (χ1) is 14.1. The number of hydrogen-bond donors (Lipinski definition) is 1. The molecule has 2 atom stereocenters. The Labute approximate surface area is 175 Å². The molecule has 0 bridgehead atoms. The van der Waals surface area contributed by atoms with Crippen LogP contribution < -0.4 is 5.32 Å². The largest absolute Gasteiger partial charge is 0.335 e. The third-order valence-corrected chi connectivity index (χ3v) is 6.96. The lowest BCUT2D eigenvalue weighted by Crippen LogP contribution is -2.49. The van der Waals surface area contributed by atoms with E-state index in [4.69, 9.17) is 0 Å². The van der Waals surface area contributed by atoms with Crippen LogP contribution >= 0.6 is 11.8 Å². The van der Waals surface area contributed by atoms with Crippen molar-refractivity contribution >= 4 is 29.3 Å². The zero-order valence-corrected chi connectivity index (χ0v) is 17.5. The van der Waals surface area contributed by atoms with Crippen molar-refractivity contribution in [3.05, 3.63) is 36.2 Å². The molecule has 1 saturated heterocycles. The maximum atomic E-state index is 13.1. The first-order valence-electron chi connectivity index (χ1n) is 10.3. The fraction of sp³-hybridized carbons (Fsp3) is 0.524. The second-order valence-corrected chi connectivity index (χ2v) is 8.83. The quantitative estimate of drug-likeness (QED) is 0.761. The first kappa shape index (κ1) is 19.9. The third kappa shape index (κ3) is 4.63. The molecular formula is C21H27N5O2S. The van der Waals surface area contributed by atoms with E-state index in [1.165, 1.54) is 37.4 Å². The van der Waals surface area contributed by atoms with Gasteiger partial charge in [-0.15, -0.1) is 10.2 Å². The number of nitrogens with zero attached hydrogens (tertiary/aromatic N) is 4. The van der Waals surface area contributed by atoms with Gasteiger partial charge in [0.2, 0.25) is 5.91 Å². The molecule has 0 unspecified atom stereocenters. The molecule has 1 aliphatic heterocycles. The van der Waals surface area contributed by atoms with E-state index in [0.717, 1.165) is 19.4 Å². The van der Waals surface area contributed by atoms with Gasteiger partial charge < -0.3 is 14.8 Å². The van der Waals surface area contributed by atoms with Gasteiger partial charge in [0.25, 0.3) is 5.91 Å². The van der Waals surface area contributed by atoms with E-state index in [1.807, 2.05) is 19.2 Å².